The van der Waals surface area contributed by atoms with Crippen LogP contribution in [0.4, 0.5) is 5.13 Å². The Labute approximate surface area is 182 Å². The van der Waals surface area contributed by atoms with Crippen LogP contribution in [0.15, 0.2) is 59.6 Å². The molecule has 2 heterocycles. The largest absolute Gasteiger partial charge is 0.494 e. The van der Waals surface area contributed by atoms with E-state index in [0.717, 1.165) is 27.2 Å². The highest BCUT2D eigenvalue weighted by Gasteiger charge is 2.10. The smallest absolute Gasteiger partial charge is 0.236 e. The molecule has 0 fully saturated rings. The van der Waals surface area contributed by atoms with E-state index in [1.807, 2.05) is 62.4 Å². The van der Waals surface area contributed by atoms with Gasteiger partial charge in [-0.05, 0) is 67.9 Å². The second kappa shape index (κ2) is 9.23. The van der Waals surface area contributed by atoms with Crippen LogP contribution in [0.3, 0.4) is 0 Å². The molecule has 2 aromatic carbocycles. The maximum Gasteiger partial charge on any atom is 0.236 e. The van der Waals surface area contributed by atoms with E-state index in [1.54, 1.807) is 0 Å². The molecule has 152 valence electrons. The number of benzene rings is 2. The molecule has 0 spiro atoms. The van der Waals surface area contributed by atoms with E-state index in [2.05, 4.69) is 26.6 Å². The van der Waals surface area contributed by atoms with E-state index >= 15 is 0 Å². The van der Waals surface area contributed by atoms with Gasteiger partial charge in [0.05, 0.1) is 28.3 Å². The first kappa shape index (κ1) is 20.3. The van der Waals surface area contributed by atoms with Crippen molar-refractivity contribution < 1.29 is 9.53 Å². The van der Waals surface area contributed by atoms with E-state index in [4.69, 9.17) is 4.74 Å². The molecule has 0 aliphatic carbocycles. The molecule has 0 bridgehead atoms. The minimum Gasteiger partial charge on any atom is -0.494 e. The van der Waals surface area contributed by atoms with Crippen molar-refractivity contribution in [3.8, 4) is 17.0 Å². The summed E-state index contributed by atoms with van der Waals surface area (Å²) in [5.74, 6) is 0.954. The summed E-state index contributed by atoms with van der Waals surface area (Å²) in [6, 6.07) is 17.6. The van der Waals surface area contributed by atoms with Crippen LogP contribution >= 0.6 is 23.1 Å². The fourth-order valence-corrected chi connectivity index (χ4v) is 4.41. The molecule has 6 nitrogen and oxygen atoms in total. The predicted molar refractivity (Wildman–Crippen MR) is 122 cm³/mol. The Balaban J connectivity index is 1.33. The third kappa shape index (κ3) is 4.95. The van der Waals surface area contributed by atoms with E-state index in [9.17, 15) is 4.79 Å². The lowest BCUT2D eigenvalue weighted by atomic mass is 10.1. The van der Waals surface area contributed by atoms with Crippen LogP contribution in [-0.4, -0.2) is 33.4 Å². The minimum atomic E-state index is -0.117. The van der Waals surface area contributed by atoms with Gasteiger partial charge in [-0.1, -0.05) is 29.2 Å². The Hall–Kier alpha value is -2.97. The summed E-state index contributed by atoms with van der Waals surface area (Å²) in [6.45, 7) is 4.63. The number of nitrogens with one attached hydrogen (secondary N) is 1. The summed E-state index contributed by atoms with van der Waals surface area (Å²) in [4.78, 5) is 16.7. The van der Waals surface area contributed by atoms with E-state index in [1.165, 1.54) is 28.7 Å². The number of aromatic nitrogens is 3. The highest BCUT2D eigenvalue weighted by molar-refractivity contribution is 7.99. The Morgan fingerprint density at radius 1 is 1.10 bits per heavy atom. The lowest BCUT2D eigenvalue weighted by Crippen LogP contribution is -2.13. The van der Waals surface area contributed by atoms with Gasteiger partial charge in [0.2, 0.25) is 5.91 Å². The quantitative estimate of drug-likeness (QED) is 0.402. The average molecular weight is 437 g/mol. The van der Waals surface area contributed by atoms with Gasteiger partial charge >= 0.3 is 0 Å². The second-order valence-electron chi connectivity index (χ2n) is 6.54. The van der Waals surface area contributed by atoms with Crippen LogP contribution in [0.1, 0.15) is 12.5 Å². The summed E-state index contributed by atoms with van der Waals surface area (Å²) >= 11 is 2.82. The fourth-order valence-electron chi connectivity index (χ4n) is 2.82. The minimum absolute atomic E-state index is 0.117. The first-order valence-corrected chi connectivity index (χ1v) is 11.3. The molecule has 0 unspecified atom stereocenters. The Bertz CT molecular complexity index is 1160. The number of fused-ring (bicyclic) bond motifs is 1. The zero-order valence-corrected chi connectivity index (χ0v) is 18.2. The van der Waals surface area contributed by atoms with Gasteiger partial charge in [0.15, 0.2) is 5.13 Å². The molecular formula is C22H20N4O2S2. The molecule has 4 aromatic rings. The van der Waals surface area contributed by atoms with E-state index in [0.29, 0.717) is 16.8 Å². The zero-order chi connectivity index (χ0) is 20.9. The number of thioether (sulfide) groups is 1. The molecule has 0 radical (unpaired) electrons. The topological polar surface area (TPSA) is 77.0 Å². The third-order valence-corrected chi connectivity index (χ3v) is 6.10. The van der Waals surface area contributed by atoms with Crippen molar-refractivity contribution in [3.63, 3.8) is 0 Å². The summed E-state index contributed by atoms with van der Waals surface area (Å²) in [6.07, 6.45) is 0. The molecule has 0 atom stereocenters. The summed E-state index contributed by atoms with van der Waals surface area (Å²) in [5.41, 5.74) is 3.80. The Morgan fingerprint density at radius 2 is 1.93 bits per heavy atom. The number of carbonyl (C=O) groups excluding carboxylic acids is 1. The number of thiazole rings is 1. The van der Waals surface area contributed by atoms with Crippen molar-refractivity contribution in [1.29, 1.82) is 0 Å². The SMILES string of the molecule is CCOc1ccc(-c2ccc(SCC(=O)Nc3nc4ccc(C)cc4s3)nn2)cc1. The molecule has 2 aromatic heterocycles. The average Bonchev–Trinajstić information content (AvgIpc) is 3.14. The molecule has 30 heavy (non-hydrogen) atoms. The summed E-state index contributed by atoms with van der Waals surface area (Å²) in [5, 5.41) is 12.7. The number of hydrogen-bond donors (Lipinski definition) is 1. The van der Waals surface area contributed by atoms with Crippen molar-refractivity contribution in [2.75, 3.05) is 17.7 Å². The number of nitrogens with zero attached hydrogens (tertiary/aromatic N) is 3. The Morgan fingerprint density at radius 3 is 2.67 bits per heavy atom. The first-order chi connectivity index (χ1) is 14.6. The van der Waals surface area contributed by atoms with Gasteiger partial charge in [0.1, 0.15) is 10.8 Å². The number of ether oxygens (including phenoxy) is 1. The number of anilines is 1. The maximum absolute atomic E-state index is 12.3. The normalized spacial score (nSPS) is 10.9. The number of aryl methyl sites for hydroxylation is 1. The predicted octanol–water partition coefficient (Wildman–Crippen LogP) is 5.19. The van der Waals surface area contributed by atoms with E-state index in [-0.39, 0.29) is 11.7 Å². The summed E-state index contributed by atoms with van der Waals surface area (Å²) < 4.78 is 6.52. The molecule has 1 amide bonds. The molecule has 1 N–H and O–H groups in total. The van der Waals surface area contributed by atoms with Crippen molar-refractivity contribution in [2.24, 2.45) is 0 Å². The first-order valence-electron chi connectivity index (χ1n) is 9.47. The van der Waals surface area contributed by atoms with Gasteiger partial charge in [0, 0.05) is 5.56 Å². The molecule has 8 heteroatoms. The van der Waals surface area contributed by atoms with Crippen LogP contribution in [0.5, 0.6) is 5.75 Å². The van der Waals surface area contributed by atoms with Crippen LogP contribution in [0.2, 0.25) is 0 Å². The van der Waals surface area contributed by atoms with E-state index < -0.39 is 0 Å². The number of carbonyl (C=O) groups is 1. The van der Waals surface area contributed by atoms with Crippen molar-refractivity contribution in [1.82, 2.24) is 15.2 Å². The van der Waals surface area contributed by atoms with Crippen molar-refractivity contribution >= 4 is 44.4 Å². The lowest BCUT2D eigenvalue weighted by Gasteiger charge is -2.05. The summed E-state index contributed by atoms with van der Waals surface area (Å²) in [7, 11) is 0. The van der Waals surface area contributed by atoms with Crippen molar-refractivity contribution in [2.45, 2.75) is 18.9 Å². The van der Waals surface area contributed by atoms with Crippen LogP contribution in [0.25, 0.3) is 21.5 Å². The Kier molecular flexibility index (Phi) is 6.25. The number of rotatable bonds is 7. The molecule has 4 rings (SSSR count). The molecule has 0 saturated heterocycles. The lowest BCUT2D eigenvalue weighted by molar-refractivity contribution is -0.113. The number of amides is 1. The standard InChI is InChI=1S/C22H20N4O2S2/c1-3-28-16-7-5-15(6-8-16)17-10-11-21(26-25-17)29-13-20(27)24-22-23-18-9-4-14(2)12-19(18)30-22/h4-12H,3,13H2,1-2H3,(H,23,24,27). The third-order valence-electron chi connectivity index (χ3n) is 4.24. The van der Waals surface area contributed by atoms with Crippen LogP contribution in [-0.2, 0) is 4.79 Å². The zero-order valence-electron chi connectivity index (χ0n) is 16.6. The van der Waals surface area contributed by atoms with Crippen LogP contribution in [0, 0.1) is 6.92 Å². The van der Waals surface area contributed by atoms with Gasteiger partial charge in [0.25, 0.3) is 0 Å². The van der Waals surface area contributed by atoms with Crippen molar-refractivity contribution in [3.05, 3.63) is 60.2 Å². The van der Waals surface area contributed by atoms with Gasteiger partial charge in [-0.2, -0.15) is 0 Å². The monoisotopic (exact) mass is 436 g/mol. The van der Waals surface area contributed by atoms with Gasteiger partial charge in [-0.25, -0.2) is 4.98 Å². The van der Waals surface area contributed by atoms with Gasteiger partial charge < -0.3 is 10.1 Å². The highest BCUT2D eigenvalue weighted by Crippen LogP contribution is 2.27. The molecular weight excluding hydrogens is 416 g/mol. The molecule has 0 saturated carbocycles. The molecule has 0 aliphatic rings. The maximum atomic E-state index is 12.3. The second-order valence-corrected chi connectivity index (χ2v) is 8.57. The number of hydrogen-bond acceptors (Lipinski definition) is 7. The fraction of sp³-hybridized carbons (Fsp3) is 0.182. The van der Waals surface area contributed by atoms with Crippen LogP contribution < -0.4 is 10.1 Å². The van der Waals surface area contributed by atoms with Gasteiger partial charge in [-0.3, -0.25) is 4.79 Å². The van der Waals surface area contributed by atoms with Gasteiger partial charge in [-0.15, -0.1) is 10.2 Å². The highest BCUT2D eigenvalue weighted by atomic mass is 32.2. The molecule has 0 aliphatic heterocycles.